The number of nitrogens with one attached hydrogen (secondary N) is 2. The van der Waals surface area contributed by atoms with Crippen molar-refractivity contribution in [3.63, 3.8) is 0 Å². The van der Waals surface area contributed by atoms with Crippen molar-refractivity contribution in [3.8, 4) is 5.75 Å². The van der Waals surface area contributed by atoms with E-state index < -0.39 is 24.5 Å². The highest BCUT2D eigenvalue weighted by atomic mass is 35.5. The Bertz CT molecular complexity index is 759. The van der Waals surface area contributed by atoms with E-state index in [2.05, 4.69) is 10.6 Å². The van der Waals surface area contributed by atoms with Crippen LogP contribution in [0.15, 0.2) is 24.3 Å². The number of ether oxygens (including phenoxy) is 2. The molecule has 8 heteroatoms. The number of imide groups is 1. The number of carbonyl (C=O) groups is 3. The minimum atomic E-state index is -0.698. The van der Waals surface area contributed by atoms with Gasteiger partial charge >= 0.3 is 12.0 Å². The van der Waals surface area contributed by atoms with Gasteiger partial charge < -0.3 is 14.8 Å². The molecule has 0 spiro atoms. The van der Waals surface area contributed by atoms with E-state index in [0.29, 0.717) is 28.5 Å². The third kappa shape index (κ3) is 5.01. The lowest BCUT2D eigenvalue weighted by Crippen LogP contribution is -2.62. The van der Waals surface area contributed by atoms with E-state index in [0.717, 1.165) is 19.3 Å². The molecule has 4 bridgehead atoms. The average Bonchev–Trinajstić information content (AvgIpc) is 2.64. The van der Waals surface area contributed by atoms with Gasteiger partial charge in [-0.15, -0.1) is 0 Å². The molecule has 156 valence electrons. The Kier molecular flexibility index (Phi) is 5.67. The highest BCUT2D eigenvalue weighted by molar-refractivity contribution is 6.30. The molecule has 0 aromatic heterocycles. The van der Waals surface area contributed by atoms with Crippen molar-refractivity contribution in [1.29, 1.82) is 0 Å². The summed E-state index contributed by atoms with van der Waals surface area (Å²) >= 11 is 5.78. The van der Waals surface area contributed by atoms with Crippen LogP contribution in [-0.4, -0.2) is 36.7 Å². The summed E-state index contributed by atoms with van der Waals surface area (Å²) in [6, 6.07) is 6.01. The summed E-state index contributed by atoms with van der Waals surface area (Å²) in [5.41, 5.74) is -0.178. The van der Waals surface area contributed by atoms with Crippen LogP contribution in [0.5, 0.6) is 5.75 Å². The van der Waals surface area contributed by atoms with Gasteiger partial charge in [0.15, 0.2) is 13.2 Å². The molecule has 3 amide bonds. The first-order chi connectivity index (χ1) is 13.9. The number of hydrogen-bond donors (Lipinski definition) is 2. The molecule has 0 heterocycles. The molecule has 0 aliphatic heterocycles. The Hall–Kier alpha value is -2.28. The summed E-state index contributed by atoms with van der Waals surface area (Å²) < 4.78 is 10.1. The number of carbonyl (C=O) groups excluding carboxylic acids is 3. The van der Waals surface area contributed by atoms with E-state index in [1.807, 2.05) is 0 Å². The molecular weight excluding hydrogens is 396 g/mol. The number of urea groups is 1. The Morgan fingerprint density at radius 2 is 1.55 bits per heavy atom. The second-order valence-electron chi connectivity index (χ2n) is 8.60. The summed E-state index contributed by atoms with van der Waals surface area (Å²) in [7, 11) is 0. The van der Waals surface area contributed by atoms with Crippen LogP contribution in [0.1, 0.15) is 38.5 Å². The molecule has 0 unspecified atom stereocenters. The summed E-state index contributed by atoms with van der Waals surface area (Å²) in [6.07, 6.45) is 6.81. The largest absolute Gasteiger partial charge is 0.482 e. The van der Waals surface area contributed by atoms with Crippen LogP contribution in [0.25, 0.3) is 0 Å². The third-order valence-corrected chi connectivity index (χ3v) is 6.46. The van der Waals surface area contributed by atoms with Crippen LogP contribution in [0.3, 0.4) is 0 Å². The quantitative estimate of drug-likeness (QED) is 0.690. The van der Waals surface area contributed by atoms with E-state index in [9.17, 15) is 14.4 Å². The zero-order valence-electron chi connectivity index (χ0n) is 16.1. The zero-order chi connectivity index (χ0) is 20.4. The summed E-state index contributed by atoms with van der Waals surface area (Å²) in [5, 5.41) is 5.87. The van der Waals surface area contributed by atoms with Gasteiger partial charge in [0, 0.05) is 10.6 Å². The van der Waals surface area contributed by atoms with Gasteiger partial charge in [-0.25, -0.2) is 9.59 Å². The Morgan fingerprint density at radius 1 is 0.966 bits per heavy atom. The van der Waals surface area contributed by atoms with Crippen LogP contribution >= 0.6 is 11.6 Å². The Balaban J connectivity index is 1.17. The topological polar surface area (TPSA) is 93.7 Å². The van der Waals surface area contributed by atoms with Crippen LogP contribution < -0.4 is 15.4 Å². The lowest BCUT2D eigenvalue weighted by Gasteiger charge is -2.56. The minimum Gasteiger partial charge on any atom is -0.482 e. The standard InChI is InChI=1S/C21H25ClN2O5/c22-16-1-3-17(4-2-16)28-12-19(26)29-11-18(25)23-20(27)24-21-8-13-5-14(9-21)7-15(6-13)10-21/h1-4,13-15H,5-12H2,(H2,23,24,25,27). The lowest BCUT2D eigenvalue weighted by molar-refractivity contribution is -0.150. The van der Waals surface area contributed by atoms with Crippen molar-refractivity contribution in [2.24, 2.45) is 17.8 Å². The minimum absolute atomic E-state index is 0.178. The molecule has 0 saturated heterocycles. The van der Waals surface area contributed by atoms with E-state index in [1.165, 1.54) is 19.3 Å². The fraction of sp³-hybridized carbons (Fsp3) is 0.571. The summed E-state index contributed by atoms with van der Waals surface area (Å²) in [5.74, 6) is 1.19. The maximum Gasteiger partial charge on any atom is 0.344 e. The van der Waals surface area contributed by atoms with Crippen molar-refractivity contribution in [3.05, 3.63) is 29.3 Å². The number of hydrogen-bond acceptors (Lipinski definition) is 5. The second-order valence-corrected chi connectivity index (χ2v) is 9.04. The molecule has 29 heavy (non-hydrogen) atoms. The number of halogens is 1. The molecule has 1 aromatic carbocycles. The predicted molar refractivity (Wildman–Crippen MR) is 105 cm³/mol. The van der Waals surface area contributed by atoms with Gasteiger partial charge in [-0.1, -0.05) is 11.6 Å². The predicted octanol–water partition coefficient (Wildman–Crippen LogP) is 3.06. The monoisotopic (exact) mass is 420 g/mol. The first kappa shape index (κ1) is 20.0. The molecule has 4 saturated carbocycles. The Labute approximate surface area is 174 Å². The van der Waals surface area contributed by atoms with Crippen LogP contribution in [-0.2, 0) is 14.3 Å². The molecule has 5 rings (SSSR count). The highest BCUT2D eigenvalue weighted by Gasteiger charge is 2.51. The molecule has 4 aliphatic carbocycles. The van der Waals surface area contributed by atoms with E-state index in [1.54, 1.807) is 24.3 Å². The van der Waals surface area contributed by atoms with Crippen LogP contribution in [0.2, 0.25) is 5.02 Å². The SMILES string of the molecule is O=C(COC(=O)COc1ccc(Cl)cc1)NC(=O)NC12CC3CC(CC(C3)C1)C2. The second kappa shape index (κ2) is 8.22. The van der Waals surface area contributed by atoms with E-state index in [-0.39, 0.29) is 12.1 Å². The number of amides is 3. The van der Waals surface area contributed by atoms with Gasteiger partial charge in [0.05, 0.1) is 0 Å². The van der Waals surface area contributed by atoms with Crippen LogP contribution in [0.4, 0.5) is 4.79 Å². The van der Waals surface area contributed by atoms with Gasteiger partial charge in [-0.2, -0.15) is 0 Å². The van der Waals surface area contributed by atoms with Gasteiger partial charge in [-0.3, -0.25) is 10.1 Å². The molecule has 2 N–H and O–H groups in total. The van der Waals surface area contributed by atoms with Crippen molar-refractivity contribution in [1.82, 2.24) is 10.6 Å². The smallest absolute Gasteiger partial charge is 0.344 e. The molecule has 4 aliphatic rings. The molecule has 4 fully saturated rings. The van der Waals surface area contributed by atoms with Crippen molar-refractivity contribution < 1.29 is 23.9 Å². The van der Waals surface area contributed by atoms with Gasteiger partial charge in [0.2, 0.25) is 0 Å². The molecule has 0 atom stereocenters. The number of esters is 1. The molecule has 7 nitrogen and oxygen atoms in total. The van der Waals surface area contributed by atoms with Crippen molar-refractivity contribution in [2.45, 2.75) is 44.1 Å². The average molecular weight is 421 g/mol. The van der Waals surface area contributed by atoms with Gasteiger partial charge in [0.1, 0.15) is 5.75 Å². The van der Waals surface area contributed by atoms with Gasteiger partial charge in [-0.05, 0) is 80.5 Å². The van der Waals surface area contributed by atoms with E-state index >= 15 is 0 Å². The molecule has 0 radical (unpaired) electrons. The lowest BCUT2D eigenvalue weighted by atomic mass is 9.53. The first-order valence-corrected chi connectivity index (χ1v) is 10.4. The third-order valence-electron chi connectivity index (χ3n) is 6.20. The maximum atomic E-state index is 12.3. The zero-order valence-corrected chi connectivity index (χ0v) is 16.9. The molecule has 1 aromatic rings. The van der Waals surface area contributed by atoms with Crippen molar-refractivity contribution >= 4 is 29.5 Å². The molecular formula is C21H25ClN2O5. The fourth-order valence-corrected chi connectivity index (χ4v) is 5.69. The first-order valence-electron chi connectivity index (χ1n) is 10.1. The maximum absolute atomic E-state index is 12.3. The highest BCUT2D eigenvalue weighted by Crippen LogP contribution is 2.55. The normalized spacial score (nSPS) is 29.2. The fourth-order valence-electron chi connectivity index (χ4n) is 5.56. The summed E-state index contributed by atoms with van der Waals surface area (Å²) in [6.45, 7) is -0.870. The van der Waals surface area contributed by atoms with Gasteiger partial charge in [0.25, 0.3) is 5.91 Å². The van der Waals surface area contributed by atoms with E-state index in [4.69, 9.17) is 21.1 Å². The number of rotatable bonds is 6. The van der Waals surface area contributed by atoms with Crippen molar-refractivity contribution in [2.75, 3.05) is 13.2 Å². The number of benzene rings is 1. The van der Waals surface area contributed by atoms with Crippen LogP contribution in [0, 0.1) is 17.8 Å². The summed E-state index contributed by atoms with van der Waals surface area (Å²) in [4.78, 5) is 36.0. The Morgan fingerprint density at radius 3 is 2.14 bits per heavy atom.